The summed E-state index contributed by atoms with van der Waals surface area (Å²) in [5, 5.41) is 6.36. The number of nitrogens with zero attached hydrogens (tertiary/aromatic N) is 1. The summed E-state index contributed by atoms with van der Waals surface area (Å²) in [5.74, 6) is 0.852. The monoisotopic (exact) mass is 339 g/mol. The lowest BCUT2D eigenvalue weighted by Gasteiger charge is -2.36. The predicted octanol–water partition coefficient (Wildman–Crippen LogP) is 1.38. The van der Waals surface area contributed by atoms with E-state index in [1.807, 2.05) is 6.08 Å². The van der Waals surface area contributed by atoms with Crippen LogP contribution in [0.2, 0.25) is 0 Å². The van der Waals surface area contributed by atoms with E-state index in [2.05, 4.69) is 36.1 Å². The van der Waals surface area contributed by atoms with E-state index in [0.29, 0.717) is 0 Å². The maximum absolute atomic E-state index is 5.19. The Morgan fingerprint density at radius 2 is 2.19 bits per heavy atom. The van der Waals surface area contributed by atoms with Crippen molar-refractivity contribution in [1.29, 1.82) is 0 Å². The highest BCUT2D eigenvalue weighted by molar-refractivity contribution is 14.0. The van der Waals surface area contributed by atoms with Gasteiger partial charge in [0.25, 0.3) is 0 Å². The maximum Gasteiger partial charge on any atom is 0.191 e. The van der Waals surface area contributed by atoms with Gasteiger partial charge < -0.3 is 15.4 Å². The zero-order valence-electron chi connectivity index (χ0n) is 10.1. The summed E-state index contributed by atoms with van der Waals surface area (Å²) >= 11 is 0. The number of aliphatic imine (C=N–C) groups is 1. The van der Waals surface area contributed by atoms with Gasteiger partial charge in [0, 0.05) is 18.5 Å². The largest absolute Gasteiger partial charge is 0.380 e. The highest BCUT2D eigenvalue weighted by Crippen LogP contribution is 2.26. The maximum atomic E-state index is 5.19. The molecule has 0 atom stereocenters. The first kappa shape index (κ1) is 15.7. The minimum Gasteiger partial charge on any atom is -0.380 e. The molecule has 2 N–H and O–H groups in total. The molecule has 1 aliphatic rings. The second-order valence-electron chi connectivity index (χ2n) is 4.17. The molecule has 0 unspecified atom stereocenters. The SMILES string of the molecule is C=CCNC(=NCC1(C)COC1)NCC.I. The number of halogens is 1. The summed E-state index contributed by atoms with van der Waals surface area (Å²) in [6.45, 7) is 12.0. The van der Waals surface area contributed by atoms with Gasteiger partial charge in [-0.2, -0.15) is 0 Å². The second kappa shape index (κ2) is 7.89. The van der Waals surface area contributed by atoms with Gasteiger partial charge >= 0.3 is 0 Å². The van der Waals surface area contributed by atoms with Gasteiger partial charge in [-0.1, -0.05) is 13.0 Å². The van der Waals surface area contributed by atoms with Crippen molar-refractivity contribution >= 4 is 29.9 Å². The first-order valence-corrected chi connectivity index (χ1v) is 5.41. The van der Waals surface area contributed by atoms with E-state index in [1.165, 1.54) is 0 Å². The number of hydrogen-bond donors (Lipinski definition) is 2. The number of rotatable bonds is 5. The van der Waals surface area contributed by atoms with Crippen molar-refractivity contribution in [3.63, 3.8) is 0 Å². The van der Waals surface area contributed by atoms with Crippen LogP contribution in [0.3, 0.4) is 0 Å². The Morgan fingerprint density at radius 1 is 1.50 bits per heavy atom. The Bertz CT molecular complexity index is 239. The minimum atomic E-state index is 0. The van der Waals surface area contributed by atoms with Crippen LogP contribution in [0.1, 0.15) is 13.8 Å². The molecule has 4 nitrogen and oxygen atoms in total. The number of guanidine groups is 1. The summed E-state index contributed by atoms with van der Waals surface area (Å²) in [7, 11) is 0. The van der Waals surface area contributed by atoms with Crippen molar-refractivity contribution in [2.75, 3.05) is 32.8 Å². The first-order chi connectivity index (χ1) is 7.20. The average Bonchev–Trinajstić information content (AvgIpc) is 2.19. The lowest BCUT2D eigenvalue weighted by Crippen LogP contribution is -2.44. The van der Waals surface area contributed by atoms with Gasteiger partial charge in [-0.15, -0.1) is 30.6 Å². The van der Waals surface area contributed by atoms with Crippen LogP contribution in [-0.4, -0.2) is 38.8 Å². The fourth-order valence-electron chi connectivity index (χ4n) is 1.32. The van der Waals surface area contributed by atoms with Crippen LogP contribution < -0.4 is 10.6 Å². The smallest absolute Gasteiger partial charge is 0.191 e. The molecule has 0 amide bonds. The molecule has 0 aromatic carbocycles. The van der Waals surface area contributed by atoms with Crippen LogP contribution in [-0.2, 0) is 4.74 Å². The average molecular weight is 339 g/mol. The van der Waals surface area contributed by atoms with Crippen molar-refractivity contribution in [1.82, 2.24) is 10.6 Å². The Hall–Kier alpha value is -0.300. The predicted molar refractivity (Wildman–Crippen MR) is 78.5 cm³/mol. The third-order valence-corrected chi connectivity index (χ3v) is 2.28. The Kier molecular flexibility index (Phi) is 7.74. The van der Waals surface area contributed by atoms with Gasteiger partial charge in [0.1, 0.15) is 0 Å². The van der Waals surface area contributed by atoms with Gasteiger partial charge in [0.15, 0.2) is 5.96 Å². The molecule has 1 aliphatic heterocycles. The van der Waals surface area contributed by atoms with E-state index >= 15 is 0 Å². The van der Waals surface area contributed by atoms with E-state index in [9.17, 15) is 0 Å². The molecule has 16 heavy (non-hydrogen) atoms. The van der Waals surface area contributed by atoms with E-state index in [-0.39, 0.29) is 29.4 Å². The molecule has 0 radical (unpaired) electrons. The summed E-state index contributed by atoms with van der Waals surface area (Å²) < 4.78 is 5.19. The normalized spacial score (nSPS) is 18.0. The van der Waals surface area contributed by atoms with E-state index in [0.717, 1.165) is 38.8 Å². The molecule has 0 aromatic heterocycles. The Morgan fingerprint density at radius 3 is 2.62 bits per heavy atom. The van der Waals surface area contributed by atoms with Crippen molar-refractivity contribution < 1.29 is 4.74 Å². The van der Waals surface area contributed by atoms with Crippen molar-refractivity contribution in [2.45, 2.75) is 13.8 Å². The van der Waals surface area contributed by atoms with Crippen LogP contribution in [0, 0.1) is 5.41 Å². The second-order valence-corrected chi connectivity index (χ2v) is 4.17. The summed E-state index contributed by atoms with van der Waals surface area (Å²) in [5.41, 5.74) is 0.233. The van der Waals surface area contributed by atoms with Crippen LogP contribution in [0.15, 0.2) is 17.6 Å². The van der Waals surface area contributed by atoms with Crippen LogP contribution in [0.4, 0.5) is 0 Å². The lowest BCUT2D eigenvalue weighted by molar-refractivity contribution is -0.0945. The van der Waals surface area contributed by atoms with Gasteiger partial charge in [-0.25, -0.2) is 0 Å². The topological polar surface area (TPSA) is 45.7 Å². The highest BCUT2D eigenvalue weighted by atomic mass is 127. The molecule has 1 heterocycles. The molecule has 0 spiro atoms. The fourth-order valence-corrected chi connectivity index (χ4v) is 1.32. The molecule has 1 saturated heterocycles. The zero-order valence-corrected chi connectivity index (χ0v) is 12.4. The number of nitrogens with one attached hydrogen (secondary N) is 2. The van der Waals surface area contributed by atoms with Crippen LogP contribution in [0.25, 0.3) is 0 Å². The molecule has 1 rings (SSSR count). The summed E-state index contributed by atoms with van der Waals surface area (Å²) in [4.78, 5) is 4.51. The van der Waals surface area contributed by atoms with E-state index in [4.69, 9.17) is 4.74 Å². The Balaban J connectivity index is 0.00000225. The van der Waals surface area contributed by atoms with Crippen molar-refractivity contribution in [2.24, 2.45) is 10.4 Å². The molecule has 0 aliphatic carbocycles. The molecule has 5 heteroatoms. The molecule has 0 bridgehead atoms. The van der Waals surface area contributed by atoms with Crippen molar-refractivity contribution in [3.8, 4) is 0 Å². The number of hydrogen-bond acceptors (Lipinski definition) is 2. The standard InChI is InChI=1S/C11H21N3O.HI/c1-4-6-13-10(12-5-2)14-7-11(3)8-15-9-11;/h4H,1,5-9H2,2-3H3,(H2,12,13,14);1H. The van der Waals surface area contributed by atoms with Gasteiger partial charge in [-0.3, -0.25) is 4.99 Å². The molecule has 94 valence electrons. The van der Waals surface area contributed by atoms with Crippen LogP contribution in [0.5, 0.6) is 0 Å². The zero-order chi connectivity index (χ0) is 11.1. The number of ether oxygens (including phenoxy) is 1. The molecular weight excluding hydrogens is 317 g/mol. The van der Waals surface area contributed by atoms with E-state index in [1.54, 1.807) is 0 Å². The third-order valence-electron chi connectivity index (χ3n) is 2.28. The minimum absolute atomic E-state index is 0. The quantitative estimate of drug-likeness (QED) is 0.344. The summed E-state index contributed by atoms with van der Waals surface area (Å²) in [6.07, 6.45) is 1.82. The van der Waals surface area contributed by atoms with Crippen molar-refractivity contribution in [3.05, 3.63) is 12.7 Å². The third kappa shape index (κ3) is 5.16. The Labute approximate surface area is 115 Å². The summed E-state index contributed by atoms with van der Waals surface area (Å²) in [6, 6.07) is 0. The molecular formula is C11H22IN3O. The van der Waals surface area contributed by atoms with Gasteiger partial charge in [0.2, 0.25) is 0 Å². The van der Waals surface area contributed by atoms with Crippen LogP contribution >= 0.6 is 24.0 Å². The highest BCUT2D eigenvalue weighted by Gasteiger charge is 2.33. The fraction of sp³-hybridized carbons (Fsp3) is 0.727. The molecule has 0 saturated carbocycles. The van der Waals surface area contributed by atoms with E-state index < -0.39 is 0 Å². The lowest BCUT2D eigenvalue weighted by atomic mass is 9.89. The van der Waals surface area contributed by atoms with Gasteiger partial charge in [0.05, 0.1) is 19.8 Å². The van der Waals surface area contributed by atoms with Gasteiger partial charge in [-0.05, 0) is 6.92 Å². The molecule has 1 fully saturated rings. The first-order valence-electron chi connectivity index (χ1n) is 5.41. The molecule has 0 aromatic rings.